The van der Waals surface area contributed by atoms with Gasteiger partial charge in [0.2, 0.25) is 35.4 Å². The lowest BCUT2D eigenvalue weighted by Crippen LogP contribution is -2.59. The van der Waals surface area contributed by atoms with Crippen LogP contribution in [0.5, 0.6) is 0 Å². The van der Waals surface area contributed by atoms with Crippen LogP contribution in [0, 0.1) is 16.7 Å². The summed E-state index contributed by atoms with van der Waals surface area (Å²) in [6.07, 6.45) is 7.25. The fourth-order valence-electron chi connectivity index (χ4n) is 12.4. The zero-order valence-corrected chi connectivity index (χ0v) is 50.9. The maximum atomic E-state index is 14.6. The zero-order valence-electron chi connectivity index (χ0n) is 50.9. The van der Waals surface area contributed by atoms with E-state index in [9.17, 15) is 38.4 Å². The summed E-state index contributed by atoms with van der Waals surface area (Å²) < 4.78 is 0. The molecule has 10 atom stereocenters. The molecular weight excluding hydrogens is 1060 g/mol. The van der Waals surface area contributed by atoms with E-state index >= 15 is 0 Å². The number of fused-ring (bicyclic) bond motifs is 2. The van der Waals surface area contributed by atoms with Gasteiger partial charge < -0.3 is 47.0 Å². The predicted molar refractivity (Wildman–Crippen MR) is 325 cm³/mol. The Bertz CT molecular complexity index is 2840. The van der Waals surface area contributed by atoms with E-state index < -0.39 is 53.1 Å². The molecule has 0 bridgehead atoms. The van der Waals surface area contributed by atoms with Gasteiger partial charge in [0.05, 0.1) is 24.2 Å². The van der Waals surface area contributed by atoms with Crippen molar-refractivity contribution in [3.63, 3.8) is 0 Å². The Labute approximate surface area is 496 Å². The van der Waals surface area contributed by atoms with Crippen LogP contribution in [-0.4, -0.2) is 126 Å². The van der Waals surface area contributed by atoms with Crippen LogP contribution in [0.1, 0.15) is 167 Å². The van der Waals surface area contributed by atoms with Crippen LogP contribution in [0.4, 0.5) is 0 Å². The Balaban J connectivity index is 0.889. The van der Waals surface area contributed by atoms with Gasteiger partial charge in [0.15, 0.2) is 5.78 Å². The van der Waals surface area contributed by atoms with Crippen LogP contribution in [0.15, 0.2) is 97.1 Å². The summed E-state index contributed by atoms with van der Waals surface area (Å²) in [6.45, 7) is 15.0. The van der Waals surface area contributed by atoms with Gasteiger partial charge in [0.25, 0.3) is 5.91 Å². The monoisotopic (exact) mass is 1150 g/mol. The van der Waals surface area contributed by atoms with Gasteiger partial charge >= 0.3 is 0 Å². The molecule has 17 heteroatoms. The third-order valence-electron chi connectivity index (χ3n) is 17.7. The van der Waals surface area contributed by atoms with E-state index in [-0.39, 0.29) is 91.1 Å². The van der Waals surface area contributed by atoms with Crippen molar-refractivity contribution in [2.75, 3.05) is 27.2 Å². The number of nitrogens with zero attached hydrogens (tertiary/aromatic N) is 2. The molecule has 17 nitrogen and oxygen atoms in total. The molecule has 84 heavy (non-hydrogen) atoms. The second-order valence-corrected chi connectivity index (χ2v) is 26.0. The summed E-state index contributed by atoms with van der Waals surface area (Å²) in [4.78, 5) is 115. The van der Waals surface area contributed by atoms with E-state index in [1.54, 1.807) is 45.0 Å². The molecule has 4 aliphatic rings. The van der Waals surface area contributed by atoms with E-state index in [0.717, 1.165) is 60.8 Å². The van der Waals surface area contributed by atoms with Crippen molar-refractivity contribution in [3.8, 4) is 0 Å². The van der Waals surface area contributed by atoms with Crippen LogP contribution in [-0.2, 0) is 54.5 Å². The van der Waals surface area contributed by atoms with E-state index in [4.69, 9.17) is 0 Å². The number of likely N-dealkylation sites (tertiary alicyclic amines) is 2. The molecule has 7 N–H and O–H groups in total. The summed E-state index contributed by atoms with van der Waals surface area (Å²) in [5, 5.41) is 21.4. The quantitative estimate of drug-likeness (QED) is 0.0468. The number of Topliss-reactive ketones (excluding diaryl/α,β-unsaturated/α-hetero) is 1. The van der Waals surface area contributed by atoms with E-state index in [0.29, 0.717) is 30.4 Å². The highest BCUT2D eigenvalue weighted by Gasteiger charge is 2.48. The average Bonchev–Trinajstić information content (AvgIpc) is 3.58. The number of rotatable bonds is 20. The summed E-state index contributed by atoms with van der Waals surface area (Å²) in [7, 11) is 3.35. The number of hydrogen-bond donors (Lipinski definition) is 7. The molecule has 2 heterocycles. The van der Waals surface area contributed by atoms with E-state index in [1.807, 2.05) is 114 Å². The lowest BCUT2D eigenvalue weighted by molar-refractivity contribution is -0.144. The Kier molecular flexibility index (Phi) is 20.3. The first-order chi connectivity index (χ1) is 39.9. The minimum Gasteiger partial charge on any atom is -0.347 e. The average molecular weight is 1150 g/mol. The molecule has 0 spiro atoms. The second kappa shape index (κ2) is 27.2. The lowest BCUT2D eigenvalue weighted by Gasteiger charge is -2.36. The molecular formula is C67H89N9O8. The Morgan fingerprint density at radius 1 is 0.536 bits per heavy atom. The third kappa shape index (κ3) is 15.2. The number of carbonyl (C=O) groups is 8. The highest BCUT2D eigenvalue weighted by Crippen LogP contribution is 2.35. The summed E-state index contributed by atoms with van der Waals surface area (Å²) in [5.41, 5.74) is 6.18. The largest absolute Gasteiger partial charge is 0.347 e. The second-order valence-electron chi connectivity index (χ2n) is 26.0. The van der Waals surface area contributed by atoms with Crippen LogP contribution >= 0.6 is 0 Å². The van der Waals surface area contributed by atoms with Crippen LogP contribution < -0.4 is 37.2 Å². The number of nitrogens with one attached hydrogen (secondary N) is 7. The van der Waals surface area contributed by atoms with Crippen LogP contribution in [0.3, 0.4) is 0 Å². The molecule has 2 saturated heterocycles. The Hall–Kier alpha value is -7.24. The lowest BCUT2D eigenvalue weighted by atomic mass is 9.85. The number of aryl methyl sites for hydroxylation is 4. The number of ketones is 1. The van der Waals surface area contributed by atoms with Crippen molar-refractivity contribution in [1.29, 1.82) is 0 Å². The summed E-state index contributed by atoms with van der Waals surface area (Å²) in [5.74, 6) is -2.66. The molecule has 450 valence electrons. The molecule has 2 aliphatic carbocycles. The van der Waals surface area contributed by atoms with Crippen LogP contribution in [0.25, 0.3) is 0 Å². The van der Waals surface area contributed by atoms with Crippen molar-refractivity contribution in [2.45, 2.75) is 180 Å². The zero-order chi connectivity index (χ0) is 60.6. The van der Waals surface area contributed by atoms with Gasteiger partial charge in [0, 0.05) is 36.7 Å². The molecule has 2 aliphatic heterocycles. The fourth-order valence-corrected chi connectivity index (χ4v) is 12.4. The first-order valence-corrected chi connectivity index (χ1v) is 30.3. The van der Waals surface area contributed by atoms with E-state index in [1.165, 1.54) is 16.0 Å². The minimum absolute atomic E-state index is 0.0858. The fraction of sp³-hybridized carbons (Fsp3) is 0.522. The van der Waals surface area contributed by atoms with Crippen molar-refractivity contribution in [2.24, 2.45) is 16.7 Å². The van der Waals surface area contributed by atoms with Gasteiger partial charge in [-0.05, 0) is 154 Å². The number of likely N-dealkylation sites (N-methyl/N-ethyl adjacent to an activating group) is 2. The van der Waals surface area contributed by atoms with Gasteiger partial charge in [-0.1, -0.05) is 126 Å². The standard InChI is InChI=1S/C67H89N9O8/c1-40(68-9)59(78)73-57(66(3,4)5)64(83)75-38-44(35-54(75)62(81)71-52-23-15-19-45-17-11-13-21-50(45)52)36-56(77)47-31-27-42(28-32-47)25-26-43-29-33-48(34-30-43)61(80)70-49-37-55(63(82)72-53-24-16-20-46-18-12-14-22-51(46)53)76(39-49)65(84)58(67(6,7)8)74-60(79)41(2)69-10/h11-14,17-18,21-22,27-34,40-41,44,49,52-55,57-58,68-69H,15-16,19-20,23-26,35-39H2,1-10H3,(H,70,80)(H,71,81)(H,72,82)(H,73,78)(H,74,79)/t40-,41-,44-,49+,52+,53+,54-,55-,57+,58+/m0/s1. The topological polar surface area (TPSA) is 227 Å². The summed E-state index contributed by atoms with van der Waals surface area (Å²) >= 11 is 0. The van der Waals surface area contributed by atoms with Crippen molar-refractivity contribution < 1.29 is 38.4 Å². The predicted octanol–water partition coefficient (Wildman–Crippen LogP) is 6.63. The van der Waals surface area contributed by atoms with Gasteiger partial charge in [0.1, 0.15) is 24.2 Å². The van der Waals surface area contributed by atoms with E-state index in [2.05, 4.69) is 49.4 Å². The first kappa shape index (κ1) is 62.8. The SMILES string of the molecule is CN[C@@H](C)C(=O)N[C@H](C(=O)N1C[C@H](CC(=O)c2ccc(CCc3ccc(C(=O)N[C@@H]4C[C@@H](C(=O)N[C@@H]5CCCc6ccccc65)N(C(=O)[C@@H](NC(=O)[C@H](C)NC)C(C)(C)C)C4)cc3)cc2)C[C@H]1C(=O)N[C@@H]1CCCc2ccccc21)C(C)(C)C. The highest BCUT2D eigenvalue weighted by molar-refractivity contribution is 5.98. The van der Waals surface area contributed by atoms with Crippen molar-refractivity contribution >= 4 is 47.1 Å². The third-order valence-corrected chi connectivity index (χ3v) is 17.7. The van der Waals surface area contributed by atoms with Gasteiger partial charge in [-0.2, -0.15) is 0 Å². The molecule has 0 saturated carbocycles. The van der Waals surface area contributed by atoms with Gasteiger partial charge in [-0.25, -0.2) is 0 Å². The number of carbonyl (C=O) groups excluding carboxylic acids is 8. The van der Waals surface area contributed by atoms with Gasteiger partial charge in [-0.3, -0.25) is 38.4 Å². The van der Waals surface area contributed by atoms with Crippen LogP contribution in [0.2, 0.25) is 0 Å². The molecule has 4 aromatic rings. The molecule has 0 aromatic heterocycles. The minimum atomic E-state index is -0.938. The van der Waals surface area contributed by atoms with Gasteiger partial charge in [-0.15, -0.1) is 0 Å². The van der Waals surface area contributed by atoms with Crippen molar-refractivity contribution in [3.05, 3.63) is 142 Å². The number of hydrogen-bond acceptors (Lipinski definition) is 10. The molecule has 2 fully saturated rings. The highest BCUT2D eigenvalue weighted by atomic mass is 16.2. The molecule has 0 unspecified atom stereocenters. The summed E-state index contributed by atoms with van der Waals surface area (Å²) in [6, 6.07) is 25.5. The normalized spacial score (nSPS) is 21.8. The number of amides is 7. The maximum Gasteiger partial charge on any atom is 0.251 e. The Morgan fingerprint density at radius 3 is 1.42 bits per heavy atom. The molecule has 0 radical (unpaired) electrons. The molecule has 8 rings (SSSR count). The maximum absolute atomic E-state index is 14.6. The first-order valence-electron chi connectivity index (χ1n) is 30.3. The molecule has 4 aromatic carbocycles. The van der Waals surface area contributed by atoms with Crippen molar-refractivity contribution in [1.82, 2.24) is 47.0 Å². The number of benzene rings is 4. The smallest absolute Gasteiger partial charge is 0.251 e. The molecule has 7 amide bonds. The Morgan fingerprint density at radius 2 is 0.964 bits per heavy atom.